The van der Waals surface area contributed by atoms with Gasteiger partial charge in [-0.25, -0.2) is 0 Å². The van der Waals surface area contributed by atoms with Crippen LogP contribution in [0.1, 0.15) is 113 Å². The Hall–Kier alpha value is -2.66. The third kappa shape index (κ3) is 13.6. The molecule has 0 aromatic rings. The number of carbonyl (C=O) groups is 2. The minimum Gasteiger partial charge on any atom is -0.462 e. The number of cyclic esters (lactones) is 1. The summed E-state index contributed by atoms with van der Waals surface area (Å²) >= 11 is 0. The molecule has 4 aliphatic carbocycles. The Kier molecular flexibility index (Phi) is 23.2. The third-order valence-electron chi connectivity index (χ3n) is 24.2. The summed E-state index contributed by atoms with van der Waals surface area (Å²) in [5.41, 5.74) is -0.993. The second-order valence-electron chi connectivity index (χ2n) is 30.5. The van der Waals surface area contributed by atoms with Crippen molar-refractivity contribution < 1.29 is 152 Å². The highest BCUT2D eigenvalue weighted by Gasteiger charge is 2.76. The van der Waals surface area contributed by atoms with E-state index in [4.69, 9.17) is 75.8 Å². The molecule has 0 aromatic carbocycles. The van der Waals surface area contributed by atoms with Crippen molar-refractivity contribution in [3.8, 4) is 0 Å². The van der Waals surface area contributed by atoms with E-state index in [9.17, 15) is 76.0 Å². The van der Waals surface area contributed by atoms with E-state index in [1.165, 1.54) is 33.6 Å². The van der Waals surface area contributed by atoms with Crippen LogP contribution in [0, 0.1) is 39.4 Å². The van der Waals surface area contributed by atoms with Crippen molar-refractivity contribution in [3.05, 3.63) is 23.8 Å². The Morgan fingerprint density at radius 2 is 1.13 bits per heavy atom. The molecule has 31 nitrogen and oxygen atoms in total. The van der Waals surface area contributed by atoms with Gasteiger partial charge < -0.3 is 142 Å². The Bertz CT molecular complexity index is 2780. The van der Waals surface area contributed by atoms with Crippen LogP contribution in [0.15, 0.2) is 23.8 Å². The zero-order valence-electron chi connectivity index (χ0n) is 57.3. The number of methoxy groups -OCH3 is 2. The predicted octanol–water partition coefficient (Wildman–Crippen LogP) is -2.27. The number of ether oxygens (including phenoxy) is 16. The van der Waals surface area contributed by atoms with E-state index < -0.39 is 232 Å². The fourth-order valence-electron chi connectivity index (χ4n) is 19.1. The quantitative estimate of drug-likeness (QED) is 0.0426. The molecule has 10 fully saturated rings. The molecule has 7 saturated heterocycles. The Balaban J connectivity index is 0.824. The van der Waals surface area contributed by atoms with E-state index >= 15 is 0 Å². The molecule has 7 aliphatic heterocycles. The van der Waals surface area contributed by atoms with Crippen LogP contribution in [0.5, 0.6) is 0 Å². The van der Waals surface area contributed by atoms with Gasteiger partial charge in [0.2, 0.25) is 0 Å². The first-order valence-corrected chi connectivity index (χ1v) is 34.5. The summed E-state index contributed by atoms with van der Waals surface area (Å²) in [7, 11) is 2.46. The maximum absolute atomic E-state index is 14.8. The highest BCUT2D eigenvalue weighted by molar-refractivity contribution is 5.83. The minimum absolute atomic E-state index is 0.00900. The number of allylic oxidation sites excluding steroid dienone is 2. The van der Waals surface area contributed by atoms with Crippen molar-refractivity contribution in [2.45, 2.75) is 297 Å². The minimum atomic E-state index is -2.01. The normalized spacial score (nSPS) is 51.2. The molecule has 98 heavy (non-hydrogen) atoms. The average Bonchev–Trinajstić information content (AvgIpc) is 1.46. The zero-order valence-corrected chi connectivity index (χ0v) is 57.3. The van der Waals surface area contributed by atoms with Gasteiger partial charge in [-0.1, -0.05) is 44.9 Å². The highest BCUT2D eigenvalue weighted by atomic mass is 16.8. The lowest BCUT2D eigenvalue weighted by molar-refractivity contribution is -0.393. The number of rotatable bonds is 21. The van der Waals surface area contributed by atoms with Crippen LogP contribution in [-0.4, -0.2) is 309 Å². The van der Waals surface area contributed by atoms with E-state index in [2.05, 4.69) is 40.3 Å². The van der Waals surface area contributed by atoms with Gasteiger partial charge in [-0.15, -0.1) is 6.58 Å². The summed E-state index contributed by atoms with van der Waals surface area (Å²) in [5, 5.41) is 146. The maximum Gasteiger partial charge on any atom is 0.313 e. The van der Waals surface area contributed by atoms with E-state index in [1.54, 1.807) is 0 Å². The van der Waals surface area contributed by atoms with Gasteiger partial charge in [0.1, 0.15) is 134 Å². The number of aliphatic hydroxyl groups is 13. The summed E-state index contributed by atoms with van der Waals surface area (Å²) in [6, 6.07) is 0. The average molecular weight is 1410 g/mol. The predicted molar refractivity (Wildman–Crippen MR) is 329 cm³/mol. The fraction of sp³-hybridized carbons (Fsp3) is 0.910. The first kappa shape index (κ1) is 76.5. The smallest absolute Gasteiger partial charge is 0.313 e. The number of esters is 2. The van der Waals surface area contributed by atoms with Crippen molar-refractivity contribution >= 4 is 11.9 Å². The number of hydrogen-bond donors (Lipinski definition) is 13. The van der Waals surface area contributed by atoms with Gasteiger partial charge >= 0.3 is 11.9 Å². The molecule has 0 amide bonds. The second kappa shape index (κ2) is 29.7. The highest BCUT2D eigenvalue weighted by Crippen LogP contribution is 2.76. The molecule has 36 atom stereocenters. The van der Waals surface area contributed by atoms with Crippen LogP contribution in [-0.2, 0) is 85.4 Å². The molecule has 0 aromatic heterocycles. The first-order valence-electron chi connectivity index (χ1n) is 34.5. The largest absolute Gasteiger partial charge is 0.462 e. The van der Waals surface area contributed by atoms with Crippen LogP contribution < -0.4 is 0 Å². The SMILES string of the molecule is C=C(C)C[C@@H](C[C@]1(C)OC(=O)[C@]23CC[C@@H]4C(=CC[C@H]5C(C)(C)[C@@H](O[C@@H]6OC[C@@H](O[C@@H]7O[C@H](CO)[C@@H](O)[C@H](O[C@@H]8OC[C@@H](O)[C@H](OC)[C@H]8O)[C@H]7O)[C@H](O)[C@H]6O[C@@H]6O[C@H](C)[C@@H](O[C@@H]7OC[C@@H](O)[C@H](O[C@@H]8O[C@H](CO)[C@@H](O)[C@H](OC)[C@H]8O)[C@H]7O)[C@H](O)[C@H]6O)CC[C@]45C)[C@]2(C)CC[C@@H]31)OC(C)=O. The van der Waals surface area contributed by atoms with E-state index in [0.717, 1.165) is 24.8 Å². The lowest BCUT2D eigenvalue weighted by atomic mass is 9.41. The van der Waals surface area contributed by atoms with E-state index in [-0.39, 0.29) is 35.7 Å². The molecular weight excluding hydrogens is 1300 g/mol. The van der Waals surface area contributed by atoms with E-state index in [0.29, 0.717) is 38.5 Å². The number of fused-ring (bicyclic) bond motifs is 4. The van der Waals surface area contributed by atoms with Gasteiger partial charge in [-0.2, -0.15) is 0 Å². The van der Waals surface area contributed by atoms with Crippen LogP contribution in [0.25, 0.3) is 0 Å². The van der Waals surface area contributed by atoms with Crippen molar-refractivity contribution in [1.82, 2.24) is 0 Å². The van der Waals surface area contributed by atoms with Crippen molar-refractivity contribution in [3.63, 3.8) is 0 Å². The molecule has 560 valence electrons. The Labute approximate surface area is 569 Å². The van der Waals surface area contributed by atoms with Gasteiger partial charge in [-0.3, -0.25) is 9.59 Å². The zero-order chi connectivity index (χ0) is 71.2. The summed E-state index contributed by atoms with van der Waals surface area (Å²) in [6.45, 7) is 16.7. The van der Waals surface area contributed by atoms with Gasteiger partial charge in [0.05, 0.1) is 50.7 Å². The molecule has 11 aliphatic rings. The second-order valence-corrected chi connectivity index (χ2v) is 30.5. The van der Waals surface area contributed by atoms with E-state index in [1.807, 2.05) is 13.8 Å². The van der Waals surface area contributed by atoms with Gasteiger partial charge in [0.25, 0.3) is 0 Å². The van der Waals surface area contributed by atoms with Gasteiger partial charge in [0, 0.05) is 45.3 Å². The molecule has 13 N–H and O–H groups in total. The Morgan fingerprint density at radius 1 is 0.582 bits per heavy atom. The first-order chi connectivity index (χ1) is 46.2. The summed E-state index contributed by atoms with van der Waals surface area (Å²) < 4.78 is 95.9. The molecule has 1 spiro atoms. The molecular formula is C67H106O31. The lowest BCUT2D eigenvalue weighted by Crippen LogP contribution is -2.66. The lowest BCUT2D eigenvalue weighted by Gasteiger charge is -2.64. The number of hydrogen-bond acceptors (Lipinski definition) is 31. The van der Waals surface area contributed by atoms with Crippen molar-refractivity contribution in [2.75, 3.05) is 47.3 Å². The van der Waals surface area contributed by atoms with Crippen LogP contribution in [0.3, 0.4) is 0 Å². The summed E-state index contributed by atoms with van der Waals surface area (Å²) in [6.07, 6.45) is -36.6. The fourth-order valence-corrected chi connectivity index (χ4v) is 19.1. The van der Waals surface area contributed by atoms with Gasteiger partial charge in [-0.05, 0) is 88.4 Å². The molecule has 31 heteroatoms. The van der Waals surface area contributed by atoms with Crippen molar-refractivity contribution in [2.24, 2.45) is 39.4 Å². The molecule has 0 radical (unpaired) electrons. The van der Waals surface area contributed by atoms with Crippen LogP contribution >= 0.6 is 0 Å². The molecule has 0 unspecified atom stereocenters. The summed E-state index contributed by atoms with van der Waals surface area (Å²) in [5.74, 6) is -0.656. The topological polar surface area (TPSA) is 445 Å². The molecule has 3 saturated carbocycles. The van der Waals surface area contributed by atoms with Crippen LogP contribution in [0.4, 0.5) is 0 Å². The number of carbonyl (C=O) groups excluding carboxylic acids is 2. The van der Waals surface area contributed by atoms with Gasteiger partial charge in [0.15, 0.2) is 37.7 Å². The Morgan fingerprint density at radius 3 is 1.76 bits per heavy atom. The molecule has 11 rings (SSSR count). The summed E-state index contributed by atoms with van der Waals surface area (Å²) in [4.78, 5) is 27.1. The van der Waals surface area contributed by atoms with Crippen molar-refractivity contribution in [1.29, 1.82) is 0 Å². The number of aliphatic hydroxyl groups excluding tert-OH is 13. The standard InChI is InChI=1S/C67H106O31/c1-27(2)20-30(89-29(4)70)21-66(9)39-15-18-65(8)32-12-13-38-63(5,6)40(16-17-64(38,7)31(32)14-19-67(39,65)62(82)98-66)93-61-55(43(75)37(26-87-61)92-59-49(81)54(42(74)36(23-69)90-59)96-56-46(78)51(83-10)33(71)24-85-56)97-58-45(77)44(76)50(28(3)88-58)94-57-47(79)52(34(72)25-86-57)95-60-48(80)53(84-11)41(73)35(22-68)91-60/h12,28,30-31,33-61,68-69,71-81H,1,13-26H2,2-11H3/t28-,30+,31-,33-,34-,35-,36-,37-,38+,39-,40+,41-,42-,43+,44-,45-,46-,47-,48-,49-,50-,51+,52+,53+,54+,55-,56+,57+,58+,59+,60+,61+,64-,65+,66+,67-/m1/s1. The third-order valence-corrected chi connectivity index (χ3v) is 24.2. The maximum atomic E-state index is 14.8. The monoisotopic (exact) mass is 1410 g/mol. The van der Waals surface area contributed by atoms with Crippen LogP contribution in [0.2, 0.25) is 0 Å². The molecule has 0 bridgehead atoms. The molecule has 7 heterocycles.